The second-order valence-electron chi connectivity index (χ2n) is 5.81. The van der Waals surface area contributed by atoms with E-state index in [0.717, 1.165) is 12.0 Å². The Labute approximate surface area is 139 Å². The first kappa shape index (κ1) is 17.8. The Morgan fingerprint density at radius 2 is 2.04 bits per heavy atom. The fourth-order valence-electron chi connectivity index (χ4n) is 2.73. The van der Waals surface area contributed by atoms with Crippen molar-refractivity contribution in [1.29, 1.82) is 0 Å². The summed E-state index contributed by atoms with van der Waals surface area (Å²) < 4.78 is 19.1. The monoisotopic (exact) mass is 335 g/mol. The first-order valence-electron chi connectivity index (χ1n) is 7.88. The van der Waals surface area contributed by atoms with Crippen LogP contribution in [0.3, 0.4) is 0 Å². The third-order valence-electron chi connectivity index (χ3n) is 3.90. The maximum absolute atomic E-state index is 13.4. The van der Waals surface area contributed by atoms with Crippen LogP contribution >= 0.6 is 0 Å². The van der Waals surface area contributed by atoms with Gasteiger partial charge in [0.2, 0.25) is 5.91 Å². The smallest absolute Gasteiger partial charge is 0.312 e. The number of hydrogen-bond acceptors (Lipinski definition) is 3. The van der Waals surface area contributed by atoms with Gasteiger partial charge in [0.05, 0.1) is 6.04 Å². The number of urea groups is 1. The fraction of sp³-hybridized carbons (Fsp3) is 0.412. The van der Waals surface area contributed by atoms with Crippen LogP contribution in [-0.2, 0) is 4.79 Å². The average molecular weight is 335 g/mol. The molecule has 0 spiro atoms. The number of carbonyl (C=O) groups is 2. The number of amides is 3. The van der Waals surface area contributed by atoms with Gasteiger partial charge in [-0.05, 0) is 38.5 Å². The summed E-state index contributed by atoms with van der Waals surface area (Å²) in [5.74, 6) is -0.129. The van der Waals surface area contributed by atoms with Crippen molar-refractivity contribution in [1.82, 2.24) is 10.6 Å². The highest BCUT2D eigenvalue weighted by Gasteiger charge is 2.24. The van der Waals surface area contributed by atoms with Crippen LogP contribution in [0.1, 0.15) is 44.1 Å². The molecule has 2 rings (SSSR count). The molecule has 3 amide bonds. The van der Waals surface area contributed by atoms with E-state index in [1.165, 1.54) is 12.1 Å². The van der Waals surface area contributed by atoms with Crippen LogP contribution in [0.4, 0.5) is 9.18 Å². The second kappa shape index (κ2) is 7.33. The molecule has 0 unspecified atom stereocenters. The quantitative estimate of drug-likeness (QED) is 0.757. The predicted octanol–water partition coefficient (Wildman–Crippen LogP) is 2.89. The molecular formula is C17H22FN3O3. The highest BCUT2D eigenvalue weighted by Crippen LogP contribution is 2.29. The number of aryl methyl sites for hydroxylation is 1. The number of hydrogen-bond donors (Lipinski definition) is 3. The van der Waals surface area contributed by atoms with Gasteiger partial charge < -0.3 is 20.8 Å². The molecule has 0 aliphatic rings. The predicted molar refractivity (Wildman–Crippen MR) is 88.9 cm³/mol. The molecule has 6 nitrogen and oxygen atoms in total. The standard InChI is InChI=1S/C17H22FN3O3/c1-4-5-13(21-17(19)23)16(22)20-10(3)15-9(2)12-8-11(18)6-7-14(12)24-15/h6-8,10,13H,4-5H2,1-3H3,(H,20,22)(H3,19,21,23)/t10-,13-/m0/s1. The maximum Gasteiger partial charge on any atom is 0.312 e. The average Bonchev–Trinajstić information content (AvgIpc) is 2.83. The summed E-state index contributed by atoms with van der Waals surface area (Å²) in [6.45, 7) is 5.49. The van der Waals surface area contributed by atoms with Gasteiger partial charge in [0.15, 0.2) is 0 Å². The lowest BCUT2D eigenvalue weighted by atomic mass is 10.1. The third-order valence-corrected chi connectivity index (χ3v) is 3.90. The first-order chi connectivity index (χ1) is 11.3. The molecule has 0 radical (unpaired) electrons. The molecule has 7 heteroatoms. The van der Waals surface area contributed by atoms with Gasteiger partial charge in [-0.15, -0.1) is 0 Å². The van der Waals surface area contributed by atoms with E-state index in [1.807, 2.05) is 13.8 Å². The Hall–Kier alpha value is -2.57. The summed E-state index contributed by atoms with van der Waals surface area (Å²) in [5.41, 5.74) is 6.44. The van der Waals surface area contributed by atoms with Crippen molar-refractivity contribution in [2.45, 2.75) is 45.7 Å². The van der Waals surface area contributed by atoms with Crippen molar-refractivity contribution in [3.05, 3.63) is 35.3 Å². The van der Waals surface area contributed by atoms with Crippen LogP contribution in [0.25, 0.3) is 11.0 Å². The second-order valence-corrected chi connectivity index (χ2v) is 5.81. The molecule has 1 aromatic carbocycles. The van der Waals surface area contributed by atoms with E-state index in [4.69, 9.17) is 10.2 Å². The van der Waals surface area contributed by atoms with E-state index in [9.17, 15) is 14.0 Å². The molecule has 4 N–H and O–H groups in total. The van der Waals surface area contributed by atoms with E-state index in [2.05, 4.69) is 10.6 Å². The van der Waals surface area contributed by atoms with E-state index in [0.29, 0.717) is 23.2 Å². The van der Waals surface area contributed by atoms with Crippen molar-refractivity contribution >= 4 is 22.9 Å². The molecule has 24 heavy (non-hydrogen) atoms. The van der Waals surface area contributed by atoms with Crippen LogP contribution < -0.4 is 16.4 Å². The Balaban J connectivity index is 2.19. The van der Waals surface area contributed by atoms with E-state index >= 15 is 0 Å². The van der Waals surface area contributed by atoms with Crippen molar-refractivity contribution < 1.29 is 18.4 Å². The number of rotatable bonds is 6. The zero-order valence-corrected chi connectivity index (χ0v) is 14.0. The lowest BCUT2D eigenvalue weighted by Gasteiger charge is -2.19. The molecule has 1 heterocycles. The summed E-state index contributed by atoms with van der Waals surface area (Å²) in [4.78, 5) is 23.4. The van der Waals surface area contributed by atoms with Crippen molar-refractivity contribution in [2.24, 2.45) is 5.73 Å². The highest BCUT2D eigenvalue weighted by molar-refractivity contribution is 5.87. The van der Waals surface area contributed by atoms with Crippen LogP contribution in [-0.4, -0.2) is 18.0 Å². The topological polar surface area (TPSA) is 97.4 Å². The molecular weight excluding hydrogens is 313 g/mol. The van der Waals surface area contributed by atoms with Gasteiger partial charge in [-0.2, -0.15) is 0 Å². The molecule has 2 atom stereocenters. The Morgan fingerprint density at radius 3 is 2.67 bits per heavy atom. The summed E-state index contributed by atoms with van der Waals surface area (Å²) in [5, 5.41) is 5.91. The number of carbonyl (C=O) groups excluding carboxylic acids is 2. The fourth-order valence-corrected chi connectivity index (χ4v) is 2.73. The van der Waals surface area contributed by atoms with Gasteiger partial charge >= 0.3 is 6.03 Å². The summed E-state index contributed by atoms with van der Waals surface area (Å²) in [6, 6.07) is 2.42. The Kier molecular flexibility index (Phi) is 5.43. The van der Waals surface area contributed by atoms with Gasteiger partial charge in [0.1, 0.15) is 23.2 Å². The van der Waals surface area contributed by atoms with E-state index in [-0.39, 0.29) is 11.7 Å². The minimum atomic E-state index is -0.744. The van der Waals surface area contributed by atoms with Crippen molar-refractivity contribution in [3.63, 3.8) is 0 Å². The molecule has 130 valence electrons. The lowest BCUT2D eigenvalue weighted by molar-refractivity contribution is -0.123. The van der Waals surface area contributed by atoms with Gasteiger partial charge in [0.25, 0.3) is 0 Å². The molecule has 0 aliphatic heterocycles. The zero-order valence-electron chi connectivity index (χ0n) is 14.0. The van der Waals surface area contributed by atoms with Crippen LogP contribution in [0.5, 0.6) is 0 Å². The largest absolute Gasteiger partial charge is 0.459 e. The molecule has 0 saturated heterocycles. The number of nitrogens with two attached hydrogens (primary N) is 1. The van der Waals surface area contributed by atoms with Crippen LogP contribution in [0.15, 0.2) is 22.6 Å². The summed E-state index contributed by atoms with van der Waals surface area (Å²) in [6.07, 6.45) is 1.20. The molecule has 0 bridgehead atoms. The molecule has 0 fully saturated rings. The lowest BCUT2D eigenvalue weighted by Crippen LogP contribution is -2.49. The Bertz CT molecular complexity index is 757. The number of benzene rings is 1. The highest BCUT2D eigenvalue weighted by atomic mass is 19.1. The van der Waals surface area contributed by atoms with Crippen molar-refractivity contribution in [3.8, 4) is 0 Å². The normalized spacial score (nSPS) is 13.5. The third kappa shape index (κ3) is 3.84. The number of fused-ring (bicyclic) bond motifs is 1. The number of furan rings is 1. The summed E-state index contributed by atoms with van der Waals surface area (Å²) in [7, 11) is 0. The molecule has 0 saturated carbocycles. The number of nitrogens with one attached hydrogen (secondary N) is 2. The number of halogens is 1. The summed E-state index contributed by atoms with van der Waals surface area (Å²) >= 11 is 0. The zero-order chi connectivity index (χ0) is 17.9. The Morgan fingerprint density at radius 1 is 1.33 bits per heavy atom. The van der Waals surface area contributed by atoms with Crippen LogP contribution in [0, 0.1) is 12.7 Å². The minimum absolute atomic E-state index is 0.339. The van der Waals surface area contributed by atoms with Gasteiger partial charge in [-0.25, -0.2) is 9.18 Å². The van der Waals surface area contributed by atoms with Gasteiger partial charge in [0, 0.05) is 10.9 Å². The van der Waals surface area contributed by atoms with Gasteiger partial charge in [-0.3, -0.25) is 4.79 Å². The maximum atomic E-state index is 13.4. The molecule has 0 aliphatic carbocycles. The van der Waals surface area contributed by atoms with Crippen LogP contribution in [0.2, 0.25) is 0 Å². The van der Waals surface area contributed by atoms with E-state index < -0.39 is 18.1 Å². The SMILES string of the molecule is CCC[C@H](NC(N)=O)C(=O)N[C@@H](C)c1oc2ccc(F)cc2c1C. The first-order valence-corrected chi connectivity index (χ1v) is 7.88. The molecule has 1 aromatic heterocycles. The number of primary amides is 1. The van der Waals surface area contributed by atoms with Gasteiger partial charge in [-0.1, -0.05) is 13.3 Å². The minimum Gasteiger partial charge on any atom is -0.459 e. The van der Waals surface area contributed by atoms with Crippen molar-refractivity contribution in [2.75, 3.05) is 0 Å². The molecule has 2 aromatic rings. The van der Waals surface area contributed by atoms with E-state index in [1.54, 1.807) is 13.0 Å².